The standard InChI is InChI=1S/C27H29BrClN3O4S/c1-4-30-27(34)20(3)31(17-21-8-7-9-22(28)16-21)26(33)18-32(25-11-6-5-10-24(25)29)37(35,36)23-14-12-19(2)13-15-23/h5-16,20H,4,17-18H2,1-3H3,(H,30,34). The predicted octanol–water partition coefficient (Wildman–Crippen LogP) is 5.16. The number of benzene rings is 3. The fourth-order valence-corrected chi connectivity index (χ4v) is 5.91. The molecule has 0 aliphatic carbocycles. The molecule has 0 aliphatic heterocycles. The van der Waals surface area contributed by atoms with Crippen LogP contribution in [-0.4, -0.2) is 44.3 Å². The van der Waals surface area contributed by atoms with E-state index in [0.717, 1.165) is 19.9 Å². The summed E-state index contributed by atoms with van der Waals surface area (Å²) in [5.41, 5.74) is 1.85. The lowest BCUT2D eigenvalue weighted by molar-refractivity contribution is -0.139. The van der Waals surface area contributed by atoms with E-state index in [2.05, 4.69) is 21.2 Å². The molecule has 7 nitrogen and oxygen atoms in total. The van der Waals surface area contributed by atoms with Crippen molar-refractivity contribution in [2.75, 3.05) is 17.4 Å². The van der Waals surface area contributed by atoms with Crippen LogP contribution in [0.2, 0.25) is 5.02 Å². The first-order chi connectivity index (χ1) is 17.5. The van der Waals surface area contributed by atoms with Crippen LogP contribution in [0.5, 0.6) is 0 Å². The van der Waals surface area contributed by atoms with Crippen LogP contribution in [-0.2, 0) is 26.2 Å². The Balaban J connectivity index is 2.04. The Morgan fingerprint density at radius 3 is 2.32 bits per heavy atom. The Labute approximate surface area is 231 Å². The van der Waals surface area contributed by atoms with Crippen molar-refractivity contribution in [3.63, 3.8) is 0 Å². The van der Waals surface area contributed by atoms with Crippen molar-refractivity contribution in [3.05, 3.63) is 93.4 Å². The van der Waals surface area contributed by atoms with Crippen molar-refractivity contribution in [2.24, 2.45) is 0 Å². The Morgan fingerprint density at radius 2 is 1.70 bits per heavy atom. The van der Waals surface area contributed by atoms with Gasteiger partial charge in [-0.3, -0.25) is 13.9 Å². The van der Waals surface area contributed by atoms with E-state index in [0.29, 0.717) is 6.54 Å². The normalized spacial score (nSPS) is 12.0. The van der Waals surface area contributed by atoms with Gasteiger partial charge in [0.25, 0.3) is 10.0 Å². The van der Waals surface area contributed by atoms with E-state index in [-0.39, 0.29) is 28.1 Å². The number of halogens is 2. The summed E-state index contributed by atoms with van der Waals surface area (Å²) in [4.78, 5) is 27.9. The lowest BCUT2D eigenvalue weighted by Crippen LogP contribution is -2.51. The molecule has 10 heteroatoms. The third-order valence-corrected chi connectivity index (χ3v) is 8.36. The van der Waals surface area contributed by atoms with Crippen molar-refractivity contribution < 1.29 is 18.0 Å². The number of aryl methyl sites for hydroxylation is 1. The zero-order valence-corrected chi connectivity index (χ0v) is 24.0. The third-order valence-electron chi connectivity index (χ3n) is 5.77. The molecule has 0 bridgehead atoms. The van der Waals surface area contributed by atoms with Crippen LogP contribution in [0.15, 0.2) is 82.2 Å². The lowest BCUT2D eigenvalue weighted by atomic mass is 10.1. The number of nitrogens with zero attached hydrogens (tertiary/aromatic N) is 2. The third kappa shape index (κ3) is 7.12. The van der Waals surface area contributed by atoms with Gasteiger partial charge in [0.2, 0.25) is 11.8 Å². The molecule has 1 unspecified atom stereocenters. The summed E-state index contributed by atoms with van der Waals surface area (Å²) in [5, 5.41) is 2.92. The molecule has 3 aromatic rings. The van der Waals surface area contributed by atoms with E-state index in [9.17, 15) is 18.0 Å². The first-order valence-corrected chi connectivity index (χ1v) is 14.3. The summed E-state index contributed by atoms with van der Waals surface area (Å²) >= 11 is 9.83. The van der Waals surface area contributed by atoms with E-state index in [1.165, 1.54) is 17.0 Å². The summed E-state index contributed by atoms with van der Waals surface area (Å²) in [6.07, 6.45) is 0. The van der Waals surface area contributed by atoms with Gasteiger partial charge in [-0.1, -0.05) is 69.5 Å². The lowest BCUT2D eigenvalue weighted by Gasteiger charge is -2.32. The number of anilines is 1. The zero-order chi connectivity index (χ0) is 27.2. The number of nitrogens with one attached hydrogen (secondary N) is 1. The second-order valence-electron chi connectivity index (χ2n) is 8.50. The van der Waals surface area contributed by atoms with Gasteiger partial charge in [0, 0.05) is 17.6 Å². The smallest absolute Gasteiger partial charge is 0.264 e. The number of para-hydroxylation sites is 1. The highest BCUT2D eigenvalue weighted by atomic mass is 79.9. The largest absolute Gasteiger partial charge is 0.355 e. The Morgan fingerprint density at radius 1 is 1.03 bits per heavy atom. The summed E-state index contributed by atoms with van der Waals surface area (Å²) in [6.45, 7) is 5.23. The predicted molar refractivity (Wildman–Crippen MR) is 150 cm³/mol. The number of rotatable bonds is 10. The van der Waals surface area contributed by atoms with Crippen molar-refractivity contribution in [1.82, 2.24) is 10.2 Å². The maximum Gasteiger partial charge on any atom is 0.264 e. The molecule has 0 aromatic heterocycles. The zero-order valence-electron chi connectivity index (χ0n) is 20.8. The molecule has 196 valence electrons. The molecule has 37 heavy (non-hydrogen) atoms. The SMILES string of the molecule is CCNC(=O)C(C)N(Cc1cccc(Br)c1)C(=O)CN(c1ccccc1Cl)S(=O)(=O)c1ccc(C)cc1. The average Bonchev–Trinajstić information content (AvgIpc) is 2.86. The maximum absolute atomic E-state index is 13.8. The van der Waals surface area contributed by atoms with E-state index < -0.39 is 28.5 Å². The van der Waals surface area contributed by atoms with Gasteiger partial charge in [0.05, 0.1) is 15.6 Å². The van der Waals surface area contributed by atoms with Crippen LogP contribution in [0.1, 0.15) is 25.0 Å². The molecule has 2 amide bonds. The van der Waals surface area contributed by atoms with Crippen LogP contribution in [0.25, 0.3) is 0 Å². The highest BCUT2D eigenvalue weighted by molar-refractivity contribution is 9.10. The molecule has 0 heterocycles. The monoisotopic (exact) mass is 605 g/mol. The maximum atomic E-state index is 13.8. The van der Waals surface area contributed by atoms with Crippen molar-refractivity contribution in [1.29, 1.82) is 0 Å². The number of hydrogen-bond acceptors (Lipinski definition) is 4. The minimum Gasteiger partial charge on any atom is -0.355 e. The summed E-state index contributed by atoms with van der Waals surface area (Å²) in [5.74, 6) is -0.883. The fourth-order valence-electron chi connectivity index (χ4n) is 3.74. The first kappa shape index (κ1) is 28.7. The van der Waals surface area contributed by atoms with Gasteiger partial charge in [0.1, 0.15) is 12.6 Å². The van der Waals surface area contributed by atoms with Crippen LogP contribution in [0.3, 0.4) is 0 Å². The minimum atomic E-state index is -4.16. The minimum absolute atomic E-state index is 0.0288. The first-order valence-electron chi connectivity index (χ1n) is 11.7. The molecular weight excluding hydrogens is 578 g/mol. The molecule has 0 fully saturated rings. The molecule has 3 aromatic carbocycles. The highest BCUT2D eigenvalue weighted by Gasteiger charge is 2.33. The quantitative estimate of drug-likeness (QED) is 0.346. The second kappa shape index (κ2) is 12.6. The van der Waals surface area contributed by atoms with Gasteiger partial charge in [-0.15, -0.1) is 0 Å². The Hall–Kier alpha value is -2.88. The van der Waals surface area contributed by atoms with Crippen LogP contribution < -0.4 is 9.62 Å². The molecular formula is C27H29BrClN3O4S. The van der Waals surface area contributed by atoms with Gasteiger partial charge in [0.15, 0.2) is 0 Å². The Kier molecular flexibility index (Phi) is 9.75. The Bertz CT molecular complexity index is 1370. The average molecular weight is 607 g/mol. The van der Waals surface area contributed by atoms with Crippen LogP contribution in [0.4, 0.5) is 5.69 Å². The number of carbonyl (C=O) groups is 2. The van der Waals surface area contributed by atoms with E-state index in [1.807, 2.05) is 31.2 Å². The van der Waals surface area contributed by atoms with Gasteiger partial charge in [-0.25, -0.2) is 8.42 Å². The molecule has 3 rings (SSSR count). The number of carbonyl (C=O) groups excluding carboxylic acids is 2. The number of likely N-dealkylation sites (N-methyl/N-ethyl adjacent to an activating group) is 1. The highest BCUT2D eigenvalue weighted by Crippen LogP contribution is 2.31. The number of amides is 2. The molecule has 0 spiro atoms. The molecule has 0 saturated carbocycles. The van der Waals surface area contributed by atoms with E-state index >= 15 is 0 Å². The van der Waals surface area contributed by atoms with Gasteiger partial charge in [-0.05, 0) is 62.7 Å². The summed E-state index contributed by atoms with van der Waals surface area (Å²) in [6, 6.07) is 19.3. The molecule has 0 saturated heterocycles. The second-order valence-corrected chi connectivity index (χ2v) is 11.7. The van der Waals surface area contributed by atoms with Crippen molar-refractivity contribution >= 4 is 55.1 Å². The molecule has 1 atom stereocenters. The van der Waals surface area contributed by atoms with Gasteiger partial charge < -0.3 is 10.2 Å². The summed E-state index contributed by atoms with van der Waals surface area (Å²) in [7, 11) is -4.16. The molecule has 0 aliphatic rings. The number of sulfonamides is 1. The van der Waals surface area contributed by atoms with Crippen LogP contribution >= 0.6 is 27.5 Å². The van der Waals surface area contributed by atoms with Crippen molar-refractivity contribution in [3.8, 4) is 0 Å². The number of hydrogen-bond donors (Lipinski definition) is 1. The fraction of sp³-hybridized carbons (Fsp3) is 0.259. The van der Waals surface area contributed by atoms with Gasteiger partial charge in [-0.2, -0.15) is 0 Å². The molecule has 0 radical (unpaired) electrons. The molecule has 1 N–H and O–H groups in total. The topological polar surface area (TPSA) is 86.8 Å². The van der Waals surface area contributed by atoms with Crippen molar-refractivity contribution in [2.45, 2.75) is 38.3 Å². The van der Waals surface area contributed by atoms with Gasteiger partial charge >= 0.3 is 0 Å². The summed E-state index contributed by atoms with van der Waals surface area (Å²) < 4.78 is 29.4. The van der Waals surface area contributed by atoms with Crippen LogP contribution in [0, 0.1) is 6.92 Å². The van der Waals surface area contributed by atoms with E-state index in [1.54, 1.807) is 50.2 Å². The van der Waals surface area contributed by atoms with E-state index in [4.69, 9.17) is 11.6 Å².